The van der Waals surface area contributed by atoms with Crippen molar-refractivity contribution in [2.24, 2.45) is 0 Å². The van der Waals surface area contributed by atoms with Gasteiger partial charge in [0.25, 0.3) is 0 Å². The van der Waals surface area contributed by atoms with Crippen molar-refractivity contribution in [2.45, 2.75) is 0 Å². The number of aromatic nitrogens is 3. The first-order valence-electron chi connectivity index (χ1n) is 36.8. The van der Waals surface area contributed by atoms with Crippen LogP contribution in [0, 0.1) is 0 Å². The monoisotopic (exact) mass is 1380 g/mol. The van der Waals surface area contributed by atoms with Gasteiger partial charge in [-0.2, -0.15) is 0 Å². The molecule has 510 valence electrons. The lowest BCUT2D eigenvalue weighted by Gasteiger charge is -2.27. The molecule has 0 unspecified atom stereocenters. The molecule has 3 aromatic heterocycles. The minimum atomic E-state index is 1.07. The highest BCUT2D eigenvalue weighted by atomic mass is 15.2. The highest BCUT2D eigenvalue weighted by Crippen LogP contribution is 2.45. The Bertz CT molecular complexity index is 6470. The van der Waals surface area contributed by atoms with E-state index in [1.807, 2.05) is 12.2 Å². The van der Waals surface area contributed by atoms with Crippen LogP contribution in [0.2, 0.25) is 0 Å². The van der Waals surface area contributed by atoms with Gasteiger partial charge < -0.3 is 28.4 Å². The van der Waals surface area contributed by atoms with Crippen molar-refractivity contribution in [3.8, 4) is 28.2 Å². The molecular weight excluding hydrogens is 1310 g/mol. The average molecular weight is 1380 g/mol. The maximum atomic E-state index is 4.03. The summed E-state index contributed by atoms with van der Waals surface area (Å²) in [4.78, 5) is 7.04. The molecule has 0 bridgehead atoms. The zero-order chi connectivity index (χ0) is 72.0. The van der Waals surface area contributed by atoms with Crippen LogP contribution < -0.4 is 14.7 Å². The van der Waals surface area contributed by atoms with Gasteiger partial charge in [-0.15, -0.1) is 0 Å². The Kier molecular flexibility index (Phi) is 16.5. The molecule has 0 atom stereocenters. The molecule has 6 heteroatoms. The lowest BCUT2D eigenvalue weighted by Crippen LogP contribution is -2.10. The van der Waals surface area contributed by atoms with Crippen LogP contribution in [0.15, 0.2) is 414 Å². The number of rotatable bonds is 15. The first-order valence-corrected chi connectivity index (χ1v) is 36.8. The maximum Gasteiger partial charge on any atom is 0.0541 e. The van der Waals surface area contributed by atoms with Crippen LogP contribution in [0.4, 0.5) is 51.2 Å². The van der Waals surface area contributed by atoms with Crippen molar-refractivity contribution in [3.63, 3.8) is 0 Å². The second-order valence-corrected chi connectivity index (χ2v) is 27.3. The smallest absolute Gasteiger partial charge is 0.0541 e. The molecule has 0 saturated heterocycles. The SMILES string of the molecule is C=Cc1ccc(N(c2ccc(-c3ccc(N(c4ccccc4)c4cccc5ccccc45)cc3)cc2)c2cccc3ccccc23)cc1.C=Cc1ccc2c(c1)c1ccccc1n2-c1ccc(N(c2ccc(-n3c4ccccc4c4ccccc43)cc2)c2ccc(-n3c4ccccc4c4ccccc43)cc2)cc1. The summed E-state index contributed by atoms with van der Waals surface area (Å²) in [6, 6.07) is 144. The molecule has 17 aromatic carbocycles. The standard InChI is InChI=1S/C56H38N4.C46H34N2/c1-2-38-23-36-56-50(37-38)49-17-7-12-22-55(49)60(56)44-34-28-41(29-35-44)57(39-24-30-42(31-25-39)58-51-18-8-3-13-45(51)46-14-4-9-19-52(46)58)40-26-32-43(33-27-40)59-53-20-10-5-15-47(53)48-16-6-11-21-54(48)59;1-2-34-22-28-40(29-23-34)48(46-21-11-15-38-13-7-9-19-44(38)46)42-32-26-36(27-33-42)35-24-30-41(31-25-35)47(39-16-4-3-5-17-39)45-20-10-14-37-12-6-8-18-43(37)45/h2-37H,1H2;2-33H,1H2. The molecular formula is C102H72N6. The molecule has 6 nitrogen and oxygen atoms in total. The van der Waals surface area contributed by atoms with Crippen molar-refractivity contribution in [2.75, 3.05) is 14.7 Å². The summed E-state index contributed by atoms with van der Waals surface area (Å²) in [6.45, 7) is 7.97. The van der Waals surface area contributed by atoms with E-state index in [4.69, 9.17) is 0 Å². The van der Waals surface area contributed by atoms with Gasteiger partial charge in [-0.05, 0) is 209 Å². The highest BCUT2D eigenvalue weighted by Gasteiger charge is 2.22. The zero-order valence-corrected chi connectivity index (χ0v) is 59.4. The summed E-state index contributed by atoms with van der Waals surface area (Å²) < 4.78 is 7.11. The quantitative estimate of drug-likeness (QED) is 0.102. The molecule has 0 spiro atoms. The minimum Gasteiger partial charge on any atom is -0.310 e. The summed E-state index contributed by atoms with van der Waals surface area (Å²) in [5.41, 5.74) is 25.0. The van der Waals surface area contributed by atoms with E-state index in [-0.39, 0.29) is 0 Å². The lowest BCUT2D eigenvalue weighted by atomic mass is 10.0. The van der Waals surface area contributed by atoms with Crippen molar-refractivity contribution in [1.82, 2.24) is 13.7 Å². The number of nitrogens with zero attached hydrogens (tertiary/aromatic N) is 6. The molecule has 0 N–H and O–H groups in total. The van der Waals surface area contributed by atoms with Crippen LogP contribution in [-0.2, 0) is 0 Å². The summed E-state index contributed by atoms with van der Waals surface area (Å²) in [7, 11) is 0. The van der Waals surface area contributed by atoms with Crippen molar-refractivity contribution in [3.05, 3.63) is 425 Å². The number of fused-ring (bicyclic) bond motifs is 11. The summed E-state index contributed by atoms with van der Waals surface area (Å²) >= 11 is 0. The molecule has 0 aliphatic heterocycles. The average Bonchev–Trinajstić information content (AvgIpc) is 1.58. The molecule has 20 aromatic rings. The first-order chi connectivity index (χ1) is 53.5. The molecule has 20 rings (SSSR count). The van der Waals surface area contributed by atoms with Crippen LogP contribution >= 0.6 is 0 Å². The molecule has 108 heavy (non-hydrogen) atoms. The van der Waals surface area contributed by atoms with E-state index in [1.165, 1.54) is 98.1 Å². The number of anilines is 9. The summed E-state index contributed by atoms with van der Waals surface area (Å²) in [5.74, 6) is 0. The van der Waals surface area contributed by atoms with E-state index >= 15 is 0 Å². The minimum absolute atomic E-state index is 1.07. The predicted octanol–water partition coefficient (Wildman–Crippen LogP) is 28.3. The highest BCUT2D eigenvalue weighted by molar-refractivity contribution is 6.12. The second kappa shape index (κ2) is 27.6. The fraction of sp³-hybridized carbons (Fsp3) is 0. The van der Waals surface area contributed by atoms with E-state index in [2.05, 4.69) is 442 Å². The van der Waals surface area contributed by atoms with Crippen LogP contribution in [-0.4, -0.2) is 13.7 Å². The van der Waals surface area contributed by atoms with Crippen LogP contribution in [0.1, 0.15) is 11.1 Å². The Labute approximate surface area is 627 Å². The Balaban J connectivity index is 0.000000151. The van der Waals surface area contributed by atoms with E-state index in [9.17, 15) is 0 Å². The van der Waals surface area contributed by atoms with Gasteiger partial charge in [0, 0.05) is 100.0 Å². The molecule has 3 heterocycles. The maximum absolute atomic E-state index is 4.03. The summed E-state index contributed by atoms with van der Waals surface area (Å²) in [5, 5.41) is 12.3. The van der Waals surface area contributed by atoms with E-state index in [0.717, 1.165) is 79.4 Å². The van der Waals surface area contributed by atoms with Gasteiger partial charge in [0.05, 0.1) is 44.5 Å². The predicted molar refractivity (Wildman–Crippen MR) is 461 cm³/mol. The molecule has 0 radical (unpaired) electrons. The van der Waals surface area contributed by atoms with Crippen molar-refractivity contribution in [1.29, 1.82) is 0 Å². The Morgan fingerprint density at radius 3 is 0.833 bits per heavy atom. The normalized spacial score (nSPS) is 11.4. The van der Waals surface area contributed by atoms with Crippen molar-refractivity contribution < 1.29 is 0 Å². The largest absolute Gasteiger partial charge is 0.310 e. The zero-order valence-electron chi connectivity index (χ0n) is 59.4. The molecule has 0 aliphatic rings. The van der Waals surface area contributed by atoms with Gasteiger partial charge in [0.2, 0.25) is 0 Å². The van der Waals surface area contributed by atoms with Gasteiger partial charge in [0.15, 0.2) is 0 Å². The van der Waals surface area contributed by atoms with Crippen LogP contribution in [0.25, 0.3) is 127 Å². The summed E-state index contributed by atoms with van der Waals surface area (Å²) in [6.07, 6.45) is 3.80. The fourth-order valence-electron chi connectivity index (χ4n) is 16.1. The van der Waals surface area contributed by atoms with Crippen LogP contribution in [0.5, 0.6) is 0 Å². The van der Waals surface area contributed by atoms with Gasteiger partial charge >= 0.3 is 0 Å². The Morgan fingerprint density at radius 1 is 0.194 bits per heavy atom. The van der Waals surface area contributed by atoms with E-state index in [0.29, 0.717) is 0 Å². The molecule has 0 aliphatic carbocycles. The van der Waals surface area contributed by atoms with Gasteiger partial charge in [0.1, 0.15) is 0 Å². The third kappa shape index (κ3) is 11.5. The number of para-hydroxylation sites is 6. The van der Waals surface area contributed by atoms with Gasteiger partial charge in [-0.25, -0.2) is 0 Å². The van der Waals surface area contributed by atoms with E-state index < -0.39 is 0 Å². The molecule has 0 fully saturated rings. The lowest BCUT2D eigenvalue weighted by molar-refractivity contribution is 1.16. The molecule has 0 saturated carbocycles. The third-order valence-electron chi connectivity index (χ3n) is 21.2. The fourth-order valence-corrected chi connectivity index (χ4v) is 16.1. The number of hydrogen-bond donors (Lipinski definition) is 0. The molecule has 0 amide bonds. The second-order valence-electron chi connectivity index (χ2n) is 27.3. The Hall–Kier alpha value is -14.5. The van der Waals surface area contributed by atoms with E-state index in [1.54, 1.807) is 0 Å². The van der Waals surface area contributed by atoms with Gasteiger partial charge in [-0.1, -0.05) is 250 Å². The van der Waals surface area contributed by atoms with Gasteiger partial charge in [-0.3, -0.25) is 0 Å². The number of benzene rings is 17. The Morgan fingerprint density at radius 2 is 0.463 bits per heavy atom. The third-order valence-corrected chi connectivity index (χ3v) is 21.2. The number of hydrogen-bond acceptors (Lipinski definition) is 3. The van der Waals surface area contributed by atoms with Crippen LogP contribution in [0.3, 0.4) is 0 Å². The topological polar surface area (TPSA) is 24.5 Å². The van der Waals surface area contributed by atoms with Crippen molar-refractivity contribution >= 4 is 150 Å². The first kappa shape index (κ1) is 64.4.